The Bertz CT molecular complexity index is 1240. The van der Waals surface area contributed by atoms with Gasteiger partial charge in [0.1, 0.15) is 11.7 Å². The molecule has 4 rings (SSSR count). The number of hydrogen-bond acceptors (Lipinski definition) is 5. The van der Waals surface area contributed by atoms with Gasteiger partial charge in [-0.15, -0.1) is 0 Å². The van der Waals surface area contributed by atoms with Gasteiger partial charge in [-0.25, -0.2) is 0 Å². The number of ether oxygens (including phenoxy) is 1. The van der Waals surface area contributed by atoms with E-state index in [9.17, 15) is 32.9 Å². The van der Waals surface area contributed by atoms with Crippen LogP contribution in [0.25, 0.3) is 0 Å². The zero-order valence-electron chi connectivity index (χ0n) is 19.9. The minimum Gasteiger partial charge on any atom is -0.450 e. The number of alkyl halides is 3. The number of Topliss-reactive ketones (excluding diaryl/α,β-unsaturated/α-hetero) is 2. The summed E-state index contributed by atoms with van der Waals surface area (Å²) in [5.74, 6) is -1.78. The van der Waals surface area contributed by atoms with Gasteiger partial charge in [0.05, 0.1) is 10.5 Å². The maximum Gasteiger partial charge on any atom is 0.416 e. The zero-order chi connectivity index (χ0) is 25.9. The highest BCUT2D eigenvalue weighted by atomic mass is 19.4. The summed E-state index contributed by atoms with van der Waals surface area (Å²) in [5, 5.41) is 11.4. The molecule has 0 amide bonds. The number of halogens is 3. The van der Waals surface area contributed by atoms with Gasteiger partial charge in [-0.05, 0) is 60.1 Å². The van der Waals surface area contributed by atoms with Crippen molar-refractivity contribution >= 4 is 17.3 Å². The van der Waals surface area contributed by atoms with Crippen LogP contribution in [0.3, 0.4) is 0 Å². The van der Waals surface area contributed by atoms with Crippen molar-refractivity contribution in [2.24, 2.45) is 16.7 Å². The molecule has 2 aliphatic rings. The van der Waals surface area contributed by atoms with Crippen LogP contribution in [0.4, 0.5) is 18.9 Å². The number of hydrogen-bond donors (Lipinski definition) is 0. The summed E-state index contributed by atoms with van der Waals surface area (Å²) in [6.45, 7) is 7.71. The monoisotopic (exact) mass is 489 g/mol. The molecule has 2 aromatic rings. The van der Waals surface area contributed by atoms with E-state index in [1.807, 2.05) is 27.7 Å². The standard InChI is InChI=1S/C26H26F3NO5/c1-5-14-6-8-16(35-20-9-7-15(26(27,28)29)12-19(20)30(33)34)13-17(14)21-22(31)18-10-11-25(4,23(21)32)24(18,2)3/h6-9,12-13,18,21H,5,10-11H2,1-4H3/t18-,21?,25+/m0/s1. The molecule has 2 aromatic carbocycles. The Morgan fingerprint density at radius 2 is 1.80 bits per heavy atom. The van der Waals surface area contributed by atoms with Gasteiger partial charge in [0.25, 0.3) is 0 Å². The number of nitro groups is 1. The highest BCUT2D eigenvalue weighted by Gasteiger charge is 2.64. The van der Waals surface area contributed by atoms with Crippen molar-refractivity contribution in [2.45, 2.75) is 59.1 Å². The van der Waals surface area contributed by atoms with E-state index in [4.69, 9.17) is 4.74 Å². The molecule has 0 heterocycles. The van der Waals surface area contributed by atoms with E-state index in [2.05, 4.69) is 0 Å². The van der Waals surface area contributed by atoms with Gasteiger partial charge in [0.15, 0.2) is 11.6 Å². The SMILES string of the molecule is CCc1ccc(Oc2ccc(C(F)(F)F)cc2[N+](=O)[O-])cc1C1C(=O)[C@@H]2CC[C@](C)(C1=O)C2(C)C. The average Bonchev–Trinajstić information content (AvgIpc) is 2.96. The van der Waals surface area contributed by atoms with Crippen LogP contribution in [-0.2, 0) is 22.2 Å². The zero-order valence-corrected chi connectivity index (χ0v) is 19.9. The molecular weight excluding hydrogens is 463 g/mol. The first-order valence-electron chi connectivity index (χ1n) is 11.5. The first-order chi connectivity index (χ1) is 16.2. The number of ketones is 2. The van der Waals surface area contributed by atoms with Crippen molar-refractivity contribution < 1.29 is 32.4 Å². The molecule has 0 radical (unpaired) electrons. The molecule has 0 spiro atoms. The first-order valence-corrected chi connectivity index (χ1v) is 11.5. The normalized spacial score (nSPS) is 25.6. The number of benzene rings is 2. The molecule has 6 nitrogen and oxygen atoms in total. The summed E-state index contributed by atoms with van der Waals surface area (Å²) in [5.41, 5.74) is -1.86. The number of rotatable bonds is 5. The van der Waals surface area contributed by atoms with E-state index in [1.54, 1.807) is 6.07 Å². The molecule has 3 atom stereocenters. The van der Waals surface area contributed by atoms with Gasteiger partial charge in [0, 0.05) is 17.4 Å². The molecular formula is C26H26F3NO5. The Balaban J connectivity index is 1.76. The molecule has 2 aliphatic carbocycles. The molecule has 2 saturated carbocycles. The van der Waals surface area contributed by atoms with Gasteiger partial charge in [-0.3, -0.25) is 19.7 Å². The van der Waals surface area contributed by atoms with Crippen LogP contribution < -0.4 is 4.74 Å². The third kappa shape index (κ3) is 3.81. The summed E-state index contributed by atoms with van der Waals surface area (Å²) in [7, 11) is 0. The van der Waals surface area contributed by atoms with Crippen LogP contribution in [0.15, 0.2) is 36.4 Å². The fourth-order valence-electron chi connectivity index (χ4n) is 5.66. The van der Waals surface area contributed by atoms with Crippen molar-refractivity contribution in [3.63, 3.8) is 0 Å². The fraction of sp³-hybridized carbons (Fsp3) is 0.462. The summed E-state index contributed by atoms with van der Waals surface area (Å²) in [4.78, 5) is 37.7. The highest BCUT2D eigenvalue weighted by Crippen LogP contribution is 2.63. The number of nitro benzene ring substituents is 1. The minimum atomic E-state index is -4.75. The van der Waals surface area contributed by atoms with E-state index < -0.39 is 39.1 Å². The van der Waals surface area contributed by atoms with Crippen LogP contribution in [-0.4, -0.2) is 16.5 Å². The molecule has 2 fully saturated rings. The van der Waals surface area contributed by atoms with Crippen molar-refractivity contribution in [3.8, 4) is 11.5 Å². The van der Waals surface area contributed by atoms with Gasteiger partial charge in [0.2, 0.25) is 5.75 Å². The lowest BCUT2D eigenvalue weighted by Crippen LogP contribution is -2.52. The van der Waals surface area contributed by atoms with Gasteiger partial charge in [-0.2, -0.15) is 13.2 Å². The predicted octanol–water partition coefficient (Wildman–Crippen LogP) is 6.65. The molecule has 0 aromatic heterocycles. The molecule has 9 heteroatoms. The maximum absolute atomic E-state index is 13.7. The predicted molar refractivity (Wildman–Crippen MR) is 121 cm³/mol. The van der Waals surface area contributed by atoms with Gasteiger partial charge < -0.3 is 4.74 Å². The van der Waals surface area contributed by atoms with Crippen molar-refractivity contribution in [3.05, 3.63) is 63.2 Å². The molecule has 0 aliphatic heterocycles. The molecule has 35 heavy (non-hydrogen) atoms. The second-order valence-electron chi connectivity index (χ2n) is 10.1. The lowest BCUT2D eigenvalue weighted by Gasteiger charge is -2.46. The van der Waals surface area contributed by atoms with Crippen LogP contribution in [0.1, 0.15) is 63.1 Å². The van der Waals surface area contributed by atoms with E-state index in [0.29, 0.717) is 37.0 Å². The van der Waals surface area contributed by atoms with E-state index in [-0.39, 0.29) is 29.0 Å². The molecule has 2 bridgehead atoms. The Hall–Kier alpha value is -3.23. The van der Waals surface area contributed by atoms with E-state index >= 15 is 0 Å². The number of fused-ring (bicyclic) bond motifs is 2. The quantitative estimate of drug-likeness (QED) is 0.267. The first kappa shape index (κ1) is 24.9. The Labute approximate surface area is 200 Å². The minimum absolute atomic E-state index is 0.1000. The molecule has 186 valence electrons. The van der Waals surface area contributed by atoms with Gasteiger partial charge >= 0.3 is 11.9 Å². The smallest absolute Gasteiger partial charge is 0.416 e. The second-order valence-corrected chi connectivity index (χ2v) is 10.1. The van der Waals surface area contributed by atoms with Crippen LogP contribution in [0, 0.1) is 26.9 Å². The largest absolute Gasteiger partial charge is 0.450 e. The molecule has 0 N–H and O–H groups in total. The van der Waals surface area contributed by atoms with Crippen LogP contribution in [0.2, 0.25) is 0 Å². The second kappa shape index (κ2) is 8.17. The fourth-order valence-corrected chi connectivity index (χ4v) is 5.66. The Morgan fingerprint density at radius 3 is 2.40 bits per heavy atom. The number of nitrogens with zero attached hydrogens (tertiary/aromatic N) is 1. The summed E-state index contributed by atoms with van der Waals surface area (Å²) in [6, 6.07) is 6.76. The maximum atomic E-state index is 13.7. The van der Waals surface area contributed by atoms with Crippen molar-refractivity contribution in [1.29, 1.82) is 0 Å². The van der Waals surface area contributed by atoms with Gasteiger partial charge in [-0.1, -0.05) is 33.8 Å². The molecule has 0 saturated heterocycles. The van der Waals surface area contributed by atoms with Crippen molar-refractivity contribution in [1.82, 2.24) is 0 Å². The van der Waals surface area contributed by atoms with Crippen LogP contribution >= 0.6 is 0 Å². The van der Waals surface area contributed by atoms with E-state index in [0.717, 1.165) is 11.6 Å². The average molecular weight is 489 g/mol. The lowest BCUT2D eigenvalue weighted by atomic mass is 9.54. The summed E-state index contributed by atoms with van der Waals surface area (Å²) in [6.07, 6.45) is -2.94. The molecule has 1 unspecified atom stereocenters. The number of carbonyl (C=O) groups excluding carboxylic acids is 2. The summed E-state index contributed by atoms with van der Waals surface area (Å²) >= 11 is 0. The third-order valence-electron chi connectivity index (χ3n) is 8.18. The Morgan fingerprint density at radius 1 is 1.11 bits per heavy atom. The topological polar surface area (TPSA) is 86.5 Å². The number of carbonyl (C=O) groups is 2. The summed E-state index contributed by atoms with van der Waals surface area (Å²) < 4.78 is 44.7. The van der Waals surface area contributed by atoms with E-state index in [1.165, 1.54) is 12.1 Å². The lowest BCUT2D eigenvalue weighted by molar-refractivity contribution is -0.385. The Kier molecular flexibility index (Phi) is 5.81. The van der Waals surface area contributed by atoms with Crippen LogP contribution in [0.5, 0.6) is 11.5 Å². The number of aryl methyl sites for hydroxylation is 1. The van der Waals surface area contributed by atoms with Crippen molar-refractivity contribution in [2.75, 3.05) is 0 Å². The highest BCUT2D eigenvalue weighted by molar-refractivity contribution is 6.14. The third-order valence-corrected chi connectivity index (χ3v) is 8.18.